The third-order valence-corrected chi connectivity index (χ3v) is 6.13. The van der Waals surface area contributed by atoms with Crippen LogP contribution in [0.15, 0.2) is 66.7 Å². The van der Waals surface area contributed by atoms with E-state index in [-0.39, 0.29) is 17.7 Å². The molecule has 0 heterocycles. The molecule has 3 aromatic carbocycles. The molecule has 0 saturated heterocycles. The lowest BCUT2D eigenvalue weighted by molar-refractivity contribution is -0.121. The van der Waals surface area contributed by atoms with Gasteiger partial charge in [-0.25, -0.2) is 0 Å². The van der Waals surface area contributed by atoms with Crippen molar-refractivity contribution in [1.82, 2.24) is 0 Å². The van der Waals surface area contributed by atoms with E-state index >= 15 is 0 Å². The number of rotatable bonds is 2. The summed E-state index contributed by atoms with van der Waals surface area (Å²) in [5.41, 5.74) is 8.70. The molecule has 2 bridgehead atoms. The minimum absolute atomic E-state index is 0.0272. The molecule has 0 spiro atoms. The van der Waals surface area contributed by atoms with Gasteiger partial charge in [-0.15, -0.1) is 0 Å². The average Bonchev–Trinajstić information content (AvgIpc) is 2.67. The minimum atomic E-state index is -0.0272. The van der Waals surface area contributed by atoms with Crippen molar-refractivity contribution in [3.8, 4) is 0 Å². The van der Waals surface area contributed by atoms with Crippen LogP contribution in [0, 0.1) is 19.8 Å². The van der Waals surface area contributed by atoms with Crippen molar-refractivity contribution < 1.29 is 4.79 Å². The molecule has 1 atom stereocenters. The highest BCUT2D eigenvalue weighted by molar-refractivity contribution is 5.94. The molecule has 1 amide bonds. The maximum Gasteiger partial charge on any atom is 0.228 e. The molecule has 1 unspecified atom stereocenters. The van der Waals surface area contributed by atoms with Crippen LogP contribution in [-0.4, -0.2) is 5.91 Å². The number of anilines is 1. The van der Waals surface area contributed by atoms with Crippen LogP contribution in [0.2, 0.25) is 0 Å². The van der Waals surface area contributed by atoms with Crippen molar-refractivity contribution in [2.45, 2.75) is 32.1 Å². The quantitative estimate of drug-likeness (QED) is 0.644. The largest absolute Gasteiger partial charge is 0.326 e. The van der Waals surface area contributed by atoms with Crippen LogP contribution in [0.1, 0.15) is 51.6 Å². The predicted octanol–water partition coefficient (Wildman–Crippen LogP) is 5.54. The first-order chi connectivity index (χ1) is 13.1. The van der Waals surface area contributed by atoms with Crippen LogP contribution in [0.25, 0.3) is 0 Å². The average molecular weight is 353 g/mol. The molecule has 3 aromatic rings. The Balaban J connectivity index is 1.54. The van der Waals surface area contributed by atoms with E-state index in [1.165, 1.54) is 33.4 Å². The zero-order valence-electron chi connectivity index (χ0n) is 15.7. The van der Waals surface area contributed by atoms with Gasteiger partial charge < -0.3 is 5.32 Å². The van der Waals surface area contributed by atoms with Crippen LogP contribution in [0.3, 0.4) is 0 Å². The first kappa shape index (κ1) is 16.3. The van der Waals surface area contributed by atoms with E-state index in [0.717, 1.165) is 12.1 Å². The molecule has 134 valence electrons. The third kappa shape index (κ3) is 2.59. The van der Waals surface area contributed by atoms with Crippen molar-refractivity contribution in [2.75, 3.05) is 5.32 Å². The van der Waals surface area contributed by atoms with E-state index in [9.17, 15) is 4.79 Å². The normalized spacial score (nSPS) is 22.1. The summed E-state index contributed by atoms with van der Waals surface area (Å²) >= 11 is 0. The van der Waals surface area contributed by atoms with E-state index in [4.69, 9.17) is 0 Å². The Morgan fingerprint density at radius 3 is 1.89 bits per heavy atom. The molecule has 0 radical (unpaired) electrons. The number of nitrogens with one attached hydrogen (secondary N) is 1. The molecule has 2 nitrogen and oxygen atoms in total. The molecule has 0 aliphatic heterocycles. The summed E-state index contributed by atoms with van der Waals surface area (Å²) in [4.78, 5) is 13.3. The van der Waals surface area contributed by atoms with Gasteiger partial charge in [-0.3, -0.25) is 4.79 Å². The zero-order valence-corrected chi connectivity index (χ0v) is 15.7. The molecule has 3 aliphatic carbocycles. The molecule has 6 rings (SSSR count). The van der Waals surface area contributed by atoms with E-state index < -0.39 is 0 Å². The molecular formula is C25H23NO. The van der Waals surface area contributed by atoms with Crippen molar-refractivity contribution in [2.24, 2.45) is 5.92 Å². The second-order valence-electron chi connectivity index (χ2n) is 8.00. The summed E-state index contributed by atoms with van der Waals surface area (Å²) in [7, 11) is 0. The van der Waals surface area contributed by atoms with Gasteiger partial charge in [0.1, 0.15) is 0 Å². The highest BCUT2D eigenvalue weighted by Gasteiger charge is 2.45. The number of aryl methyl sites for hydroxylation is 2. The Morgan fingerprint density at radius 1 is 0.815 bits per heavy atom. The summed E-state index contributed by atoms with van der Waals surface area (Å²) < 4.78 is 0. The summed E-state index contributed by atoms with van der Waals surface area (Å²) in [6.07, 6.45) is 0.884. The van der Waals surface area contributed by atoms with Crippen LogP contribution in [-0.2, 0) is 4.79 Å². The lowest BCUT2D eigenvalue weighted by Gasteiger charge is -2.44. The maximum absolute atomic E-state index is 13.3. The van der Waals surface area contributed by atoms with Gasteiger partial charge in [0.05, 0.1) is 5.92 Å². The van der Waals surface area contributed by atoms with Crippen molar-refractivity contribution >= 4 is 11.6 Å². The van der Waals surface area contributed by atoms with Gasteiger partial charge in [-0.2, -0.15) is 0 Å². The first-order valence-electron chi connectivity index (χ1n) is 9.68. The number of hydrogen-bond donors (Lipinski definition) is 1. The highest BCUT2D eigenvalue weighted by Crippen LogP contribution is 2.55. The lowest BCUT2D eigenvalue weighted by Crippen LogP contribution is -2.38. The Morgan fingerprint density at radius 2 is 1.33 bits per heavy atom. The molecular weight excluding hydrogens is 330 g/mol. The number of fused-ring (bicyclic) bond motifs is 1. The number of amides is 1. The monoisotopic (exact) mass is 353 g/mol. The van der Waals surface area contributed by atoms with Crippen molar-refractivity contribution in [3.63, 3.8) is 0 Å². The second kappa shape index (κ2) is 6.09. The van der Waals surface area contributed by atoms with Gasteiger partial charge in [-0.1, -0.05) is 54.6 Å². The van der Waals surface area contributed by atoms with Gasteiger partial charge in [0.15, 0.2) is 0 Å². The van der Waals surface area contributed by atoms with Crippen LogP contribution >= 0.6 is 0 Å². The fourth-order valence-electron chi connectivity index (χ4n) is 5.18. The van der Waals surface area contributed by atoms with Gasteiger partial charge >= 0.3 is 0 Å². The molecule has 27 heavy (non-hydrogen) atoms. The number of benzene rings is 3. The molecule has 0 saturated carbocycles. The standard InChI is InChI=1S/C25H23NO/c1-15-11-16(2)13-17(12-15)26-25(27)23-14-22-18-7-3-5-9-20(18)24(23)21-10-6-4-8-19(21)22/h3-13,22-24H,14H2,1-2H3,(H,26,27). The van der Waals surface area contributed by atoms with E-state index in [2.05, 4.69) is 73.8 Å². The number of carbonyl (C=O) groups excluding carboxylic acids is 1. The lowest BCUT2D eigenvalue weighted by atomic mass is 9.59. The number of hydrogen-bond acceptors (Lipinski definition) is 1. The molecule has 0 fully saturated rings. The summed E-state index contributed by atoms with van der Waals surface area (Å²) in [6, 6.07) is 23.5. The third-order valence-electron chi connectivity index (χ3n) is 6.13. The van der Waals surface area contributed by atoms with Crippen LogP contribution in [0.4, 0.5) is 5.69 Å². The van der Waals surface area contributed by atoms with Gasteiger partial charge in [0.2, 0.25) is 5.91 Å². The van der Waals surface area contributed by atoms with Crippen molar-refractivity contribution in [1.29, 1.82) is 0 Å². The first-order valence-corrected chi connectivity index (χ1v) is 9.68. The highest BCUT2D eigenvalue weighted by atomic mass is 16.1. The predicted molar refractivity (Wildman–Crippen MR) is 109 cm³/mol. The fraction of sp³-hybridized carbons (Fsp3) is 0.240. The summed E-state index contributed by atoms with van der Waals surface area (Å²) in [5, 5.41) is 3.20. The Bertz CT molecular complexity index is 984. The van der Waals surface area contributed by atoms with E-state index in [0.29, 0.717) is 5.92 Å². The second-order valence-corrected chi connectivity index (χ2v) is 8.00. The molecule has 3 aliphatic rings. The van der Waals surface area contributed by atoms with Crippen molar-refractivity contribution in [3.05, 3.63) is 100 Å². The minimum Gasteiger partial charge on any atom is -0.326 e. The fourth-order valence-corrected chi connectivity index (χ4v) is 5.18. The van der Waals surface area contributed by atoms with Gasteiger partial charge in [0, 0.05) is 17.5 Å². The summed E-state index contributed by atoms with van der Waals surface area (Å²) in [5.74, 6) is 0.574. The molecule has 2 heteroatoms. The van der Waals surface area contributed by atoms with E-state index in [1.54, 1.807) is 0 Å². The maximum atomic E-state index is 13.3. The smallest absolute Gasteiger partial charge is 0.228 e. The SMILES string of the molecule is Cc1cc(C)cc(NC(=O)C2CC3c4ccccc4C2c2ccccc23)c1. The van der Waals surface area contributed by atoms with Gasteiger partial charge in [-0.05, 0) is 65.8 Å². The Kier molecular flexibility index (Phi) is 3.68. The zero-order chi connectivity index (χ0) is 18.5. The van der Waals surface area contributed by atoms with E-state index in [1.807, 2.05) is 12.1 Å². The number of carbonyl (C=O) groups is 1. The molecule has 1 N–H and O–H groups in total. The Hall–Kier alpha value is -2.87. The Labute approximate surface area is 160 Å². The topological polar surface area (TPSA) is 29.1 Å². The van der Waals surface area contributed by atoms with Crippen LogP contribution < -0.4 is 5.32 Å². The van der Waals surface area contributed by atoms with Crippen LogP contribution in [0.5, 0.6) is 0 Å². The summed E-state index contributed by atoms with van der Waals surface area (Å²) in [6.45, 7) is 4.13. The molecule has 0 aromatic heterocycles. The van der Waals surface area contributed by atoms with Gasteiger partial charge in [0.25, 0.3) is 0 Å².